The van der Waals surface area contributed by atoms with E-state index in [0.717, 1.165) is 29.8 Å². The summed E-state index contributed by atoms with van der Waals surface area (Å²) >= 11 is 0. The van der Waals surface area contributed by atoms with Crippen LogP contribution in [0, 0.1) is 0 Å². The maximum absolute atomic E-state index is 13.1. The van der Waals surface area contributed by atoms with Crippen LogP contribution in [0.3, 0.4) is 0 Å². The molecule has 0 spiro atoms. The van der Waals surface area contributed by atoms with Crippen LogP contribution in [0.1, 0.15) is 48.3 Å². The number of hydrogen-bond donors (Lipinski definition) is 2. The smallest absolute Gasteiger partial charge is 0.253 e. The lowest BCUT2D eigenvalue weighted by atomic mass is 9.90. The molecule has 2 N–H and O–H groups in total. The Balaban J connectivity index is 2.14. The molecule has 2 aromatic carbocycles. The molecule has 0 saturated carbocycles. The highest BCUT2D eigenvalue weighted by molar-refractivity contribution is 5.95. The summed E-state index contributed by atoms with van der Waals surface area (Å²) in [6.07, 6.45) is 0. The molecule has 1 aliphatic heterocycles. The van der Waals surface area contributed by atoms with Crippen molar-refractivity contribution in [2.24, 2.45) is 0 Å². The van der Waals surface area contributed by atoms with Crippen molar-refractivity contribution in [2.75, 3.05) is 26.7 Å². The molecule has 5 nitrogen and oxygen atoms in total. The summed E-state index contributed by atoms with van der Waals surface area (Å²) in [7, 11) is 1.83. The van der Waals surface area contributed by atoms with Gasteiger partial charge < -0.3 is 15.3 Å². The lowest BCUT2D eigenvalue weighted by Crippen LogP contribution is -2.55. The summed E-state index contributed by atoms with van der Waals surface area (Å²) in [6, 6.07) is 15.8. The van der Waals surface area contributed by atoms with Gasteiger partial charge in [0.15, 0.2) is 0 Å². The molecule has 0 aromatic heterocycles. The maximum Gasteiger partial charge on any atom is 0.253 e. The molecule has 0 bridgehead atoms. The zero-order chi connectivity index (χ0) is 20.3. The monoisotopic (exact) mass is 381 g/mol. The van der Waals surface area contributed by atoms with Gasteiger partial charge in [-0.2, -0.15) is 0 Å². The molecule has 1 fully saturated rings. The molecule has 5 heteroatoms. The molecule has 3 atom stereocenters. The zero-order valence-electron chi connectivity index (χ0n) is 17.2. The molecular formula is C23H31N3O2. The molecule has 150 valence electrons. The molecule has 3 rings (SSSR count). The van der Waals surface area contributed by atoms with Gasteiger partial charge in [0.05, 0.1) is 6.04 Å². The Hall–Kier alpha value is -2.37. The van der Waals surface area contributed by atoms with Crippen LogP contribution in [0.5, 0.6) is 5.75 Å². The van der Waals surface area contributed by atoms with Gasteiger partial charge in [-0.1, -0.05) is 30.3 Å². The minimum atomic E-state index is -0.0999. The van der Waals surface area contributed by atoms with Gasteiger partial charge in [-0.3, -0.25) is 9.69 Å². The number of carbonyl (C=O) groups is 1. The van der Waals surface area contributed by atoms with Crippen LogP contribution in [0.15, 0.2) is 48.5 Å². The molecule has 1 aliphatic rings. The van der Waals surface area contributed by atoms with Gasteiger partial charge in [-0.05, 0) is 50.1 Å². The molecular weight excluding hydrogens is 350 g/mol. The zero-order valence-corrected chi connectivity index (χ0v) is 17.2. The van der Waals surface area contributed by atoms with E-state index < -0.39 is 0 Å². The highest BCUT2D eigenvalue weighted by Crippen LogP contribution is 2.35. The quantitative estimate of drug-likeness (QED) is 0.835. The highest BCUT2D eigenvalue weighted by atomic mass is 16.3. The van der Waals surface area contributed by atoms with E-state index in [1.807, 2.05) is 56.4 Å². The van der Waals surface area contributed by atoms with Crippen molar-refractivity contribution in [3.8, 4) is 5.75 Å². The molecule has 1 saturated heterocycles. The first-order valence-electron chi connectivity index (χ1n) is 10.0. The molecule has 0 radical (unpaired) electrons. The second-order valence-corrected chi connectivity index (χ2v) is 7.76. The number of phenols is 1. The topological polar surface area (TPSA) is 55.8 Å². The Morgan fingerprint density at radius 1 is 1.25 bits per heavy atom. The van der Waals surface area contributed by atoms with Crippen LogP contribution < -0.4 is 5.32 Å². The van der Waals surface area contributed by atoms with E-state index in [0.29, 0.717) is 18.6 Å². The van der Waals surface area contributed by atoms with Crippen molar-refractivity contribution in [3.05, 3.63) is 65.2 Å². The predicted molar refractivity (Wildman–Crippen MR) is 113 cm³/mol. The lowest BCUT2D eigenvalue weighted by molar-refractivity contribution is 0.0792. The number of piperazine rings is 1. The average Bonchev–Trinajstić information content (AvgIpc) is 2.70. The lowest BCUT2D eigenvalue weighted by Gasteiger charge is -2.43. The summed E-state index contributed by atoms with van der Waals surface area (Å²) in [4.78, 5) is 17.3. The number of nitrogens with zero attached hydrogens (tertiary/aromatic N) is 2. The van der Waals surface area contributed by atoms with Crippen molar-refractivity contribution in [2.45, 2.75) is 38.9 Å². The Bertz CT molecular complexity index is 823. The van der Waals surface area contributed by atoms with Gasteiger partial charge >= 0.3 is 0 Å². The van der Waals surface area contributed by atoms with Crippen molar-refractivity contribution in [1.82, 2.24) is 15.1 Å². The largest absolute Gasteiger partial charge is 0.508 e. The number of hydrogen-bond acceptors (Lipinski definition) is 4. The fourth-order valence-electron chi connectivity index (χ4n) is 3.93. The van der Waals surface area contributed by atoms with Crippen LogP contribution in [0.25, 0.3) is 0 Å². The third-order valence-electron chi connectivity index (χ3n) is 5.64. The van der Waals surface area contributed by atoms with Crippen molar-refractivity contribution >= 4 is 5.91 Å². The molecule has 1 amide bonds. The third kappa shape index (κ3) is 4.21. The Morgan fingerprint density at radius 3 is 2.71 bits per heavy atom. The molecule has 2 aromatic rings. The average molecular weight is 382 g/mol. The fraction of sp³-hybridized carbons (Fsp3) is 0.435. The van der Waals surface area contributed by atoms with Gasteiger partial charge in [-0.25, -0.2) is 0 Å². The van der Waals surface area contributed by atoms with Gasteiger partial charge in [0.2, 0.25) is 0 Å². The van der Waals surface area contributed by atoms with Crippen molar-refractivity contribution < 1.29 is 9.90 Å². The Kier molecular flexibility index (Phi) is 6.37. The molecule has 1 heterocycles. The third-order valence-corrected chi connectivity index (χ3v) is 5.64. The number of benzene rings is 2. The number of phenolic OH excluding ortho intramolecular Hbond substituents is 1. The number of carbonyl (C=O) groups excluding carboxylic acids is 1. The van der Waals surface area contributed by atoms with E-state index in [-0.39, 0.29) is 17.7 Å². The van der Waals surface area contributed by atoms with Crippen molar-refractivity contribution in [3.63, 3.8) is 0 Å². The number of nitrogens with one attached hydrogen (secondary N) is 1. The second kappa shape index (κ2) is 8.76. The fourth-order valence-corrected chi connectivity index (χ4v) is 3.93. The van der Waals surface area contributed by atoms with Crippen LogP contribution in [-0.4, -0.2) is 59.6 Å². The van der Waals surface area contributed by atoms with E-state index in [4.69, 9.17) is 0 Å². The number of aromatic hydroxyl groups is 1. The first-order chi connectivity index (χ1) is 13.4. The minimum Gasteiger partial charge on any atom is -0.508 e. The SMILES string of the molecule is CCN(C)C(=O)c1ccccc1[C@@H](c1cccc(O)c1)N1C[C@H](C)NC[C@@H]1C. The summed E-state index contributed by atoms with van der Waals surface area (Å²) in [5.74, 6) is 0.270. The minimum absolute atomic E-state index is 0.0269. The highest BCUT2D eigenvalue weighted by Gasteiger charge is 2.33. The first-order valence-corrected chi connectivity index (χ1v) is 10.0. The van der Waals surface area contributed by atoms with E-state index in [1.54, 1.807) is 11.0 Å². The van der Waals surface area contributed by atoms with E-state index in [2.05, 4.69) is 24.1 Å². The predicted octanol–water partition coefficient (Wildman–Crippen LogP) is 3.26. The summed E-state index contributed by atoms with van der Waals surface area (Å²) in [6.45, 7) is 8.78. The van der Waals surface area contributed by atoms with Crippen molar-refractivity contribution in [1.29, 1.82) is 0 Å². The van der Waals surface area contributed by atoms with Crippen LogP contribution >= 0.6 is 0 Å². The summed E-state index contributed by atoms with van der Waals surface area (Å²) < 4.78 is 0. The normalized spacial score (nSPS) is 21.3. The molecule has 28 heavy (non-hydrogen) atoms. The summed E-state index contributed by atoms with van der Waals surface area (Å²) in [5, 5.41) is 13.7. The standard InChI is InChI=1S/C23H31N3O2/c1-5-25(4)23(28)21-12-7-6-11-20(21)22(18-9-8-10-19(27)13-18)26-15-16(2)24-14-17(26)3/h6-13,16-17,22,24,27H,5,14-15H2,1-4H3/t16-,17-,22+/m0/s1. The molecule has 0 unspecified atom stereocenters. The van der Waals surface area contributed by atoms with Gasteiger partial charge in [0.25, 0.3) is 5.91 Å². The van der Waals surface area contributed by atoms with E-state index in [1.165, 1.54) is 0 Å². The Morgan fingerprint density at radius 2 is 2.00 bits per heavy atom. The Labute approximate surface area is 168 Å². The van der Waals surface area contributed by atoms with Crippen LogP contribution in [0.4, 0.5) is 0 Å². The number of amides is 1. The second-order valence-electron chi connectivity index (χ2n) is 7.76. The molecule has 0 aliphatic carbocycles. The van der Waals surface area contributed by atoms with E-state index >= 15 is 0 Å². The summed E-state index contributed by atoms with van der Waals surface area (Å²) in [5.41, 5.74) is 2.71. The van der Waals surface area contributed by atoms with Gasteiger partial charge in [0, 0.05) is 44.3 Å². The maximum atomic E-state index is 13.1. The van der Waals surface area contributed by atoms with Crippen LogP contribution in [0.2, 0.25) is 0 Å². The van der Waals surface area contributed by atoms with E-state index in [9.17, 15) is 9.90 Å². The van der Waals surface area contributed by atoms with Gasteiger partial charge in [-0.15, -0.1) is 0 Å². The number of rotatable bonds is 5. The van der Waals surface area contributed by atoms with Crippen LogP contribution in [-0.2, 0) is 0 Å². The van der Waals surface area contributed by atoms with Gasteiger partial charge in [0.1, 0.15) is 5.75 Å². The first kappa shape index (κ1) is 20.4.